The smallest absolute Gasteiger partial charge is 0.308 e. The molecule has 5 atom stereocenters. The molecule has 23 heavy (non-hydrogen) atoms. The van der Waals surface area contributed by atoms with E-state index >= 15 is 0 Å². The van der Waals surface area contributed by atoms with Gasteiger partial charge < -0.3 is 55.0 Å². The summed E-state index contributed by atoms with van der Waals surface area (Å²) in [4.78, 5) is 11.5. The number of aliphatic hydroxyl groups is 5. The summed E-state index contributed by atoms with van der Waals surface area (Å²) in [5, 5.41) is 51.5. The zero-order chi connectivity index (χ0) is 18.7. The molecule has 0 aromatic heterocycles. The molecular formula is C11H23NO11. The number of ether oxygens (including phenoxy) is 5. The van der Waals surface area contributed by atoms with E-state index < -0.39 is 35.3 Å². The summed E-state index contributed by atoms with van der Waals surface area (Å²) < 4.78 is 22.6. The number of amides is 1. The molecule has 0 aliphatic rings. The van der Waals surface area contributed by atoms with E-state index in [0.29, 0.717) is 7.11 Å². The van der Waals surface area contributed by atoms with Crippen molar-refractivity contribution in [1.82, 2.24) is 0 Å². The standard InChI is InChI=1S/C11H23NO11/c1-19-7(14)9(16,21-3)11(18,23-5)10(17,22-4)8(15,20-2)6(12)13/h7,14-18H,1-5H3,(H2,12,13). The summed E-state index contributed by atoms with van der Waals surface area (Å²) in [5.74, 6) is -15.6. The highest BCUT2D eigenvalue weighted by atomic mass is 16.8. The Bertz CT molecular complexity index is 423. The van der Waals surface area contributed by atoms with E-state index in [1.54, 1.807) is 0 Å². The number of hydrogen-bond donors (Lipinski definition) is 6. The van der Waals surface area contributed by atoms with Crippen LogP contribution in [0, 0.1) is 0 Å². The highest BCUT2D eigenvalue weighted by Gasteiger charge is 2.77. The molecule has 0 rings (SSSR count). The van der Waals surface area contributed by atoms with Gasteiger partial charge in [-0.1, -0.05) is 0 Å². The Balaban J connectivity index is 6.58. The van der Waals surface area contributed by atoms with Crippen LogP contribution in [0.5, 0.6) is 0 Å². The Hall–Kier alpha value is -0.930. The fourth-order valence-corrected chi connectivity index (χ4v) is 2.01. The summed E-state index contributed by atoms with van der Waals surface area (Å²) in [6.07, 6.45) is -2.34. The molecule has 1 amide bonds. The van der Waals surface area contributed by atoms with E-state index in [0.717, 1.165) is 28.4 Å². The van der Waals surface area contributed by atoms with Crippen molar-refractivity contribution in [2.24, 2.45) is 5.73 Å². The van der Waals surface area contributed by atoms with Gasteiger partial charge in [0.1, 0.15) is 0 Å². The van der Waals surface area contributed by atoms with Gasteiger partial charge in [0.2, 0.25) is 6.29 Å². The molecule has 12 nitrogen and oxygen atoms in total. The van der Waals surface area contributed by atoms with Crippen LogP contribution in [0.4, 0.5) is 0 Å². The van der Waals surface area contributed by atoms with Crippen LogP contribution in [-0.4, -0.2) is 96.4 Å². The molecule has 0 fully saturated rings. The minimum absolute atomic E-state index is 0.714. The van der Waals surface area contributed by atoms with Gasteiger partial charge in [0, 0.05) is 35.5 Å². The van der Waals surface area contributed by atoms with Crippen molar-refractivity contribution in [3.63, 3.8) is 0 Å². The first-order valence-corrected chi connectivity index (χ1v) is 6.03. The molecule has 7 N–H and O–H groups in total. The van der Waals surface area contributed by atoms with E-state index in [-0.39, 0.29) is 0 Å². The monoisotopic (exact) mass is 345 g/mol. The summed E-state index contributed by atoms with van der Waals surface area (Å²) in [7, 11) is 3.88. The van der Waals surface area contributed by atoms with Crippen LogP contribution in [0.25, 0.3) is 0 Å². The zero-order valence-electron chi connectivity index (χ0n) is 13.3. The molecule has 12 heteroatoms. The molecule has 0 aliphatic heterocycles. The van der Waals surface area contributed by atoms with Gasteiger partial charge in [0.05, 0.1) is 0 Å². The zero-order valence-corrected chi connectivity index (χ0v) is 13.3. The first kappa shape index (κ1) is 22.1. The van der Waals surface area contributed by atoms with Gasteiger partial charge in [-0.2, -0.15) is 0 Å². The quantitative estimate of drug-likeness (QED) is 0.210. The van der Waals surface area contributed by atoms with Crippen LogP contribution in [0.2, 0.25) is 0 Å². The molecule has 0 saturated carbocycles. The molecule has 0 aromatic carbocycles. The average Bonchev–Trinajstić information content (AvgIpc) is 2.56. The Morgan fingerprint density at radius 2 is 1.30 bits per heavy atom. The van der Waals surface area contributed by atoms with Crippen LogP contribution >= 0.6 is 0 Å². The van der Waals surface area contributed by atoms with Crippen molar-refractivity contribution in [2.75, 3.05) is 35.5 Å². The predicted molar refractivity (Wildman–Crippen MR) is 70.0 cm³/mol. The maximum Gasteiger partial charge on any atom is 0.308 e. The molecule has 0 aromatic rings. The SMILES string of the molecule is COC(O)C(O)(OC)C(O)(OC)C(O)(OC)C(O)(OC)C(N)=O. The van der Waals surface area contributed by atoms with Gasteiger partial charge in [-0.15, -0.1) is 0 Å². The van der Waals surface area contributed by atoms with Crippen LogP contribution in [-0.2, 0) is 28.5 Å². The fourth-order valence-electron chi connectivity index (χ4n) is 2.01. The molecule has 0 radical (unpaired) electrons. The first-order valence-electron chi connectivity index (χ1n) is 6.03. The number of nitrogens with two attached hydrogens (primary N) is 1. The largest absolute Gasteiger partial charge is 0.365 e. The normalized spacial score (nSPS) is 23.9. The van der Waals surface area contributed by atoms with Gasteiger partial charge >= 0.3 is 5.79 Å². The number of methoxy groups -OCH3 is 5. The number of hydrogen-bond acceptors (Lipinski definition) is 11. The van der Waals surface area contributed by atoms with Crippen LogP contribution in [0.1, 0.15) is 0 Å². The Kier molecular flexibility index (Phi) is 7.02. The number of primary amides is 1. The van der Waals surface area contributed by atoms with E-state index in [1.165, 1.54) is 0 Å². The predicted octanol–water partition coefficient (Wildman–Crippen LogP) is -4.22. The maximum atomic E-state index is 11.5. The number of rotatable bonds is 10. The molecule has 0 aliphatic carbocycles. The van der Waals surface area contributed by atoms with Gasteiger partial charge in [-0.3, -0.25) is 4.79 Å². The average molecular weight is 345 g/mol. The molecular weight excluding hydrogens is 322 g/mol. The molecule has 5 unspecified atom stereocenters. The Morgan fingerprint density at radius 1 is 0.870 bits per heavy atom. The van der Waals surface area contributed by atoms with Gasteiger partial charge in [-0.25, -0.2) is 0 Å². The van der Waals surface area contributed by atoms with Gasteiger partial charge in [0.25, 0.3) is 23.3 Å². The Labute approximate surface area is 131 Å². The second kappa shape index (κ2) is 7.31. The second-order valence-electron chi connectivity index (χ2n) is 4.40. The molecule has 0 saturated heterocycles. The molecule has 0 heterocycles. The van der Waals surface area contributed by atoms with E-state index in [4.69, 9.17) is 5.73 Å². The third kappa shape index (κ3) is 2.83. The molecule has 0 spiro atoms. The third-order valence-electron chi connectivity index (χ3n) is 3.49. The van der Waals surface area contributed by atoms with E-state index in [9.17, 15) is 30.3 Å². The van der Waals surface area contributed by atoms with E-state index in [2.05, 4.69) is 23.7 Å². The van der Waals surface area contributed by atoms with Crippen molar-refractivity contribution in [1.29, 1.82) is 0 Å². The third-order valence-corrected chi connectivity index (χ3v) is 3.49. The lowest BCUT2D eigenvalue weighted by molar-refractivity contribution is -0.527. The summed E-state index contributed by atoms with van der Waals surface area (Å²) in [6, 6.07) is 0. The summed E-state index contributed by atoms with van der Waals surface area (Å²) in [6.45, 7) is 0. The van der Waals surface area contributed by atoms with Crippen molar-refractivity contribution in [2.45, 2.75) is 29.4 Å². The minimum atomic E-state index is -3.58. The number of carbonyl (C=O) groups excluding carboxylic acids is 1. The summed E-state index contributed by atoms with van der Waals surface area (Å²) in [5.41, 5.74) is 4.95. The second-order valence-corrected chi connectivity index (χ2v) is 4.40. The number of aliphatic hydroxyl groups excluding tert-OH is 1. The van der Waals surface area contributed by atoms with Crippen LogP contribution < -0.4 is 5.73 Å². The fraction of sp³-hybridized carbons (Fsp3) is 0.909. The van der Waals surface area contributed by atoms with Gasteiger partial charge in [-0.05, 0) is 0 Å². The van der Waals surface area contributed by atoms with Crippen LogP contribution in [0.3, 0.4) is 0 Å². The van der Waals surface area contributed by atoms with Gasteiger partial charge in [0.15, 0.2) is 0 Å². The minimum Gasteiger partial charge on any atom is -0.365 e. The molecule has 0 bridgehead atoms. The lowest BCUT2D eigenvalue weighted by Gasteiger charge is -2.52. The van der Waals surface area contributed by atoms with Crippen LogP contribution in [0.15, 0.2) is 0 Å². The maximum absolute atomic E-state index is 11.5. The lowest BCUT2D eigenvalue weighted by atomic mass is 9.87. The Morgan fingerprint density at radius 3 is 1.52 bits per heavy atom. The van der Waals surface area contributed by atoms with E-state index in [1.807, 2.05) is 0 Å². The molecule has 138 valence electrons. The highest BCUT2D eigenvalue weighted by molar-refractivity contribution is 5.83. The van der Waals surface area contributed by atoms with Crippen molar-refractivity contribution in [3.05, 3.63) is 0 Å². The van der Waals surface area contributed by atoms with Crippen molar-refractivity contribution >= 4 is 5.91 Å². The highest BCUT2D eigenvalue weighted by Crippen LogP contribution is 2.43. The van der Waals surface area contributed by atoms with Crippen molar-refractivity contribution < 1.29 is 54.0 Å². The topological polar surface area (TPSA) is 190 Å². The summed E-state index contributed by atoms with van der Waals surface area (Å²) >= 11 is 0. The lowest BCUT2D eigenvalue weighted by Crippen LogP contribution is -2.82. The first-order chi connectivity index (χ1) is 10.4. The number of carbonyl (C=O) groups is 1. The van der Waals surface area contributed by atoms with Crippen molar-refractivity contribution in [3.8, 4) is 0 Å².